The number of benzene rings is 2. The van der Waals surface area contributed by atoms with Gasteiger partial charge < -0.3 is 20.3 Å². The standard InChI is InChI=1S/C32H46ClN3O4/c1-9-10-13-19-36(30(38)26(20-21(2)3)34-31(39)40-32(6,7)8)28(24-17-12-11-15-22(24)4)29(37)35-27-23(5)16-14-18-25(27)33/h11-12,14-18,21,26,28H,9-10,13,19-20H2,1-8H3,(H,34,39)(H,35,37). The molecule has 0 saturated carbocycles. The molecule has 0 aliphatic heterocycles. The number of aryl methyl sites for hydroxylation is 2. The molecule has 0 saturated heterocycles. The third-order valence-corrected chi connectivity index (χ3v) is 6.81. The maximum absolute atomic E-state index is 14.3. The SMILES string of the molecule is CCCCCN(C(=O)C(CC(C)C)NC(=O)OC(C)(C)C)C(C(=O)Nc1c(C)cccc1Cl)c1ccccc1C. The largest absolute Gasteiger partial charge is 0.444 e. The molecule has 7 nitrogen and oxygen atoms in total. The first kappa shape index (κ1) is 33.1. The highest BCUT2D eigenvalue weighted by Crippen LogP contribution is 2.31. The Bertz CT molecular complexity index is 1140. The van der Waals surface area contributed by atoms with Crippen molar-refractivity contribution in [1.29, 1.82) is 0 Å². The zero-order valence-electron chi connectivity index (χ0n) is 25.3. The summed E-state index contributed by atoms with van der Waals surface area (Å²) in [4.78, 5) is 42.9. The fourth-order valence-electron chi connectivity index (χ4n) is 4.57. The summed E-state index contributed by atoms with van der Waals surface area (Å²) in [5, 5.41) is 6.22. The Labute approximate surface area is 245 Å². The molecule has 8 heteroatoms. The van der Waals surface area contributed by atoms with E-state index in [-0.39, 0.29) is 17.7 Å². The van der Waals surface area contributed by atoms with E-state index < -0.39 is 23.8 Å². The lowest BCUT2D eigenvalue weighted by molar-refractivity contribution is -0.141. The Morgan fingerprint density at radius 1 is 0.975 bits per heavy atom. The van der Waals surface area contributed by atoms with Crippen LogP contribution in [0.15, 0.2) is 42.5 Å². The van der Waals surface area contributed by atoms with Crippen LogP contribution in [0.4, 0.5) is 10.5 Å². The molecule has 2 atom stereocenters. The van der Waals surface area contributed by atoms with Crippen LogP contribution in [0.1, 0.15) is 90.0 Å². The lowest BCUT2D eigenvalue weighted by Gasteiger charge is -2.35. The van der Waals surface area contributed by atoms with Crippen LogP contribution in [0, 0.1) is 19.8 Å². The van der Waals surface area contributed by atoms with E-state index in [9.17, 15) is 14.4 Å². The number of anilines is 1. The molecule has 0 aromatic heterocycles. The van der Waals surface area contributed by atoms with E-state index in [4.69, 9.17) is 16.3 Å². The van der Waals surface area contributed by atoms with Gasteiger partial charge in [0.05, 0.1) is 10.7 Å². The van der Waals surface area contributed by atoms with E-state index in [0.29, 0.717) is 30.1 Å². The van der Waals surface area contributed by atoms with Gasteiger partial charge in [0.15, 0.2) is 0 Å². The fourth-order valence-corrected chi connectivity index (χ4v) is 4.84. The zero-order valence-corrected chi connectivity index (χ0v) is 26.0. The summed E-state index contributed by atoms with van der Waals surface area (Å²) < 4.78 is 5.48. The van der Waals surface area contributed by atoms with Gasteiger partial charge in [0.1, 0.15) is 17.7 Å². The van der Waals surface area contributed by atoms with Crippen LogP contribution in [0.2, 0.25) is 5.02 Å². The number of rotatable bonds is 12. The molecule has 2 rings (SSSR count). The lowest BCUT2D eigenvalue weighted by Crippen LogP contribution is -2.53. The van der Waals surface area contributed by atoms with Crippen LogP contribution in [-0.2, 0) is 14.3 Å². The summed E-state index contributed by atoms with van der Waals surface area (Å²) in [5.41, 5.74) is 2.21. The minimum Gasteiger partial charge on any atom is -0.444 e. The second-order valence-corrected chi connectivity index (χ2v) is 12.2. The number of hydrogen-bond acceptors (Lipinski definition) is 4. The quantitative estimate of drug-likeness (QED) is 0.257. The zero-order chi connectivity index (χ0) is 30.0. The maximum Gasteiger partial charge on any atom is 0.408 e. The number of para-hydroxylation sites is 1. The van der Waals surface area contributed by atoms with Gasteiger partial charge in [-0.1, -0.05) is 81.6 Å². The molecule has 0 aliphatic rings. The van der Waals surface area contributed by atoms with Crippen molar-refractivity contribution in [3.8, 4) is 0 Å². The summed E-state index contributed by atoms with van der Waals surface area (Å²) in [6.45, 7) is 15.5. The van der Waals surface area contributed by atoms with E-state index in [1.54, 1.807) is 31.7 Å². The first-order chi connectivity index (χ1) is 18.7. The van der Waals surface area contributed by atoms with Crippen molar-refractivity contribution in [2.75, 3.05) is 11.9 Å². The van der Waals surface area contributed by atoms with Crippen LogP contribution in [-0.4, -0.2) is 41.0 Å². The number of nitrogens with zero attached hydrogens (tertiary/aromatic N) is 1. The number of halogens is 1. The van der Waals surface area contributed by atoms with Gasteiger partial charge in [-0.2, -0.15) is 0 Å². The van der Waals surface area contributed by atoms with Gasteiger partial charge in [-0.25, -0.2) is 4.79 Å². The molecule has 3 amide bonds. The molecule has 40 heavy (non-hydrogen) atoms. The smallest absolute Gasteiger partial charge is 0.408 e. The van der Waals surface area contributed by atoms with Crippen molar-refractivity contribution in [3.63, 3.8) is 0 Å². The molecule has 2 aromatic rings. The molecular weight excluding hydrogens is 526 g/mol. The van der Waals surface area contributed by atoms with Gasteiger partial charge in [0.2, 0.25) is 5.91 Å². The van der Waals surface area contributed by atoms with Crippen LogP contribution >= 0.6 is 11.6 Å². The molecule has 0 bridgehead atoms. The molecule has 0 spiro atoms. The molecule has 2 N–H and O–H groups in total. The van der Waals surface area contributed by atoms with Crippen LogP contribution < -0.4 is 10.6 Å². The Balaban J connectivity index is 2.59. The Hall–Kier alpha value is -3.06. The highest BCUT2D eigenvalue weighted by Gasteiger charge is 2.37. The molecule has 0 fully saturated rings. The second-order valence-electron chi connectivity index (χ2n) is 11.7. The van der Waals surface area contributed by atoms with Crippen molar-refractivity contribution < 1.29 is 19.1 Å². The minimum atomic E-state index is -0.934. The number of carbonyl (C=O) groups is 3. The monoisotopic (exact) mass is 571 g/mol. The van der Waals surface area contributed by atoms with E-state index in [0.717, 1.165) is 29.5 Å². The molecule has 0 heterocycles. The molecular formula is C32H46ClN3O4. The number of unbranched alkanes of at least 4 members (excludes halogenated alkanes) is 2. The summed E-state index contributed by atoms with van der Waals surface area (Å²) >= 11 is 6.46. The van der Waals surface area contributed by atoms with Crippen LogP contribution in [0.25, 0.3) is 0 Å². The second kappa shape index (κ2) is 15.1. The molecule has 220 valence electrons. The average Bonchev–Trinajstić information content (AvgIpc) is 2.84. The van der Waals surface area contributed by atoms with Gasteiger partial charge in [-0.05, 0) is 76.1 Å². The van der Waals surface area contributed by atoms with E-state index in [1.165, 1.54) is 0 Å². The van der Waals surface area contributed by atoms with Crippen molar-refractivity contribution in [2.24, 2.45) is 5.92 Å². The minimum absolute atomic E-state index is 0.109. The van der Waals surface area contributed by atoms with Crippen molar-refractivity contribution in [3.05, 3.63) is 64.2 Å². The van der Waals surface area contributed by atoms with Crippen molar-refractivity contribution in [2.45, 2.75) is 98.8 Å². The fraction of sp³-hybridized carbons (Fsp3) is 0.531. The molecule has 2 aromatic carbocycles. The molecule has 0 aliphatic carbocycles. The number of carbonyl (C=O) groups excluding carboxylic acids is 3. The average molecular weight is 572 g/mol. The number of nitrogens with one attached hydrogen (secondary N) is 2. The van der Waals surface area contributed by atoms with Crippen LogP contribution in [0.3, 0.4) is 0 Å². The summed E-state index contributed by atoms with van der Waals surface area (Å²) in [5.74, 6) is -0.580. The predicted octanol–water partition coefficient (Wildman–Crippen LogP) is 7.59. The lowest BCUT2D eigenvalue weighted by atomic mass is 9.96. The van der Waals surface area contributed by atoms with Crippen LogP contribution in [0.5, 0.6) is 0 Å². The first-order valence-electron chi connectivity index (χ1n) is 14.2. The highest BCUT2D eigenvalue weighted by molar-refractivity contribution is 6.34. The maximum atomic E-state index is 14.3. The van der Waals surface area contributed by atoms with Gasteiger partial charge in [0.25, 0.3) is 5.91 Å². The van der Waals surface area contributed by atoms with E-state index in [1.807, 2.05) is 64.1 Å². The Morgan fingerprint density at radius 3 is 2.20 bits per heavy atom. The Kier molecular flexibility index (Phi) is 12.5. The first-order valence-corrected chi connectivity index (χ1v) is 14.5. The van der Waals surface area contributed by atoms with Crippen molar-refractivity contribution in [1.82, 2.24) is 10.2 Å². The van der Waals surface area contributed by atoms with Gasteiger partial charge >= 0.3 is 6.09 Å². The normalized spacial score (nSPS) is 12.9. The molecule has 2 unspecified atom stereocenters. The third kappa shape index (κ3) is 9.84. The number of ether oxygens (including phenoxy) is 1. The summed E-state index contributed by atoms with van der Waals surface area (Å²) in [7, 11) is 0. The van der Waals surface area contributed by atoms with E-state index >= 15 is 0 Å². The van der Waals surface area contributed by atoms with Gasteiger partial charge in [-0.3, -0.25) is 9.59 Å². The summed E-state index contributed by atoms with van der Waals surface area (Å²) in [6.07, 6.45) is 2.29. The number of amides is 3. The highest BCUT2D eigenvalue weighted by atomic mass is 35.5. The van der Waals surface area contributed by atoms with Crippen molar-refractivity contribution >= 4 is 35.2 Å². The number of alkyl carbamates (subject to hydrolysis) is 1. The molecule has 0 radical (unpaired) electrons. The topological polar surface area (TPSA) is 87.7 Å². The van der Waals surface area contributed by atoms with Gasteiger partial charge in [0, 0.05) is 6.54 Å². The van der Waals surface area contributed by atoms with E-state index in [2.05, 4.69) is 17.6 Å². The summed E-state index contributed by atoms with van der Waals surface area (Å²) in [6, 6.07) is 11.2. The Morgan fingerprint density at radius 2 is 1.62 bits per heavy atom. The third-order valence-electron chi connectivity index (χ3n) is 6.50. The number of hydrogen-bond donors (Lipinski definition) is 2. The predicted molar refractivity (Wildman–Crippen MR) is 163 cm³/mol. The van der Waals surface area contributed by atoms with Gasteiger partial charge in [-0.15, -0.1) is 0 Å².